The quantitative estimate of drug-likeness (QED) is 0.852. The van der Waals surface area contributed by atoms with Crippen LogP contribution in [0.4, 0.5) is 0 Å². The number of nitrogens with one attached hydrogen (secondary N) is 1. The lowest BCUT2D eigenvalue weighted by Crippen LogP contribution is -2.46. The molecule has 1 amide bonds. The Morgan fingerprint density at radius 3 is 2.53 bits per heavy atom. The van der Waals surface area contributed by atoms with Crippen molar-refractivity contribution in [1.82, 2.24) is 5.32 Å². The molecule has 0 radical (unpaired) electrons. The Labute approximate surface area is 112 Å². The molecule has 5 nitrogen and oxygen atoms in total. The molecule has 0 saturated carbocycles. The summed E-state index contributed by atoms with van der Waals surface area (Å²) >= 11 is 0. The summed E-state index contributed by atoms with van der Waals surface area (Å²) in [5.41, 5.74) is -0.577. The average Bonchev–Trinajstić information content (AvgIpc) is 2.44. The van der Waals surface area contributed by atoms with Crippen molar-refractivity contribution in [3.8, 4) is 17.6 Å². The van der Waals surface area contributed by atoms with Crippen LogP contribution in [-0.4, -0.2) is 23.7 Å². The number of nitrogens with zero attached hydrogens (tertiary/aromatic N) is 1. The van der Waals surface area contributed by atoms with Crippen LogP contribution < -0.4 is 10.1 Å². The Morgan fingerprint density at radius 1 is 1.47 bits per heavy atom. The molecule has 1 aromatic carbocycles. The van der Waals surface area contributed by atoms with Gasteiger partial charge in [0.2, 0.25) is 0 Å². The molecule has 1 aromatic rings. The van der Waals surface area contributed by atoms with Crippen LogP contribution in [0.25, 0.3) is 0 Å². The van der Waals surface area contributed by atoms with Gasteiger partial charge in [0, 0.05) is 5.56 Å². The number of carbonyl (C=O) groups excluding carboxylic acids is 1. The number of carbonyl (C=O) groups is 1. The van der Waals surface area contributed by atoms with Gasteiger partial charge in [0.25, 0.3) is 5.91 Å². The number of amides is 1. The first-order valence-corrected chi connectivity index (χ1v) is 6.12. The van der Waals surface area contributed by atoms with Crippen molar-refractivity contribution in [1.29, 1.82) is 5.26 Å². The lowest BCUT2D eigenvalue weighted by atomic mass is 9.94. The van der Waals surface area contributed by atoms with E-state index in [0.717, 1.165) is 0 Å². The van der Waals surface area contributed by atoms with E-state index in [-0.39, 0.29) is 11.7 Å². The first-order chi connectivity index (χ1) is 9.01. The number of rotatable bonds is 5. The molecule has 0 bridgehead atoms. The summed E-state index contributed by atoms with van der Waals surface area (Å²) in [6.07, 6.45) is 1.04. The number of phenols is 1. The van der Waals surface area contributed by atoms with Crippen molar-refractivity contribution in [2.24, 2.45) is 0 Å². The third kappa shape index (κ3) is 3.16. The topological polar surface area (TPSA) is 82.4 Å². The van der Waals surface area contributed by atoms with E-state index in [4.69, 9.17) is 4.74 Å². The summed E-state index contributed by atoms with van der Waals surface area (Å²) < 4.78 is 4.91. The summed E-state index contributed by atoms with van der Waals surface area (Å²) in [4.78, 5) is 12.1. The highest BCUT2D eigenvalue weighted by Crippen LogP contribution is 2.26. The maximum atomic E-state index is 12.1. The fraction of sp³-hybridized carbons (Fsp3) is 0.429. The van der Waals surface area contributed by atoms with E-state index in [0.29, 0.717) is 24.2 Å². The SMILES string of the molecule is CCC(C#N)(CC)NC(=O)c1ccc(OC)c(O)c1. The van der Waals surface area contributed by atoms with Crippen LogP contribution in [0.1, 0.15) is 37.0 Å². The van der Waals surface area contributed by atoms with E-state index in [2.05, 4.69) is 11.4 Å². The zero-order chi connectivity index (χ0) is 14.5. The normalized spacial score (nSPS) is 10.6. The summed E-state index contributed by atoms with van der Waals surface area (Å²) in [5.74, 6) is -0.192. The van der Waals surface area contributed by atoms with E-state index < -0.39 is 5.54 Å². The molecule has 102 valence electrons. The molecule has 0 fully saturated rings. The van der Waals surface area contributed by atoms with Gasteiger partial charge < -0.3 is 15.2 Å². The molecule has 0 saturated heterocycles. The Morgan fingerprint density at radius 2 is 2.11 bits per heavy atom. The molecule has 1 rings (SSSR count). The lowest BCUT2D eigenvalue weighted by molar-refractivity contribution is 0.0915. The number of phenolic OH excluding ortho intramolecular Hbond substituents is 1. The predicted octanol–water partition coefficient (Wildman–Crippen LogP) is 2.21. The smallest absolute Gasteiger partial charge is 0.252 e. The molecular formula is C14H18N2O3. The molecule has 0 aliphatic carbocycles. The zero-order valence-electron chi connectivity index (χ0n) is 11.4. The second-order valence-electron chi connectivity index (χ2n) is 4.24. The maximum absolute atomic E-state index is 12.1. The van der Waals surface area contributed by atoms with Crippen LogP contribution in [0.3, 0.4) is 0 Å². The molecule has 0 atom stereocenters. The number of nitriles is 1. The van der Waals surface area contributed by atoms with Crippen LogP contribution >= 0.6 is 0 Å². The monoisotopic (exact) mass is 262 g/mol. The fourth-order valence-electron chi connectivity index (χ4n) is 1.73. The molecule has 0 aliphatic rings. The number of ether oxygens (including phenoxy) is 1. The number of aromatic hydroxyl groups is 1. The Bertz CT molecular complexity index is 502. The minimum Gasteiger partial charge on any atom is -0.504 e. The van der Waals surface area contributed by atoms with Crippen molar-refractivity contribution in [2.75, 3.05) is 7.11 Å². The van der Waals surface area contributed by atoms with Gasteiger partial charge in [-0.15, -0.1) is 0 Å². The van der Waals surface area contributed by atoms with Crippen molar-refractivity contribution >= 4 is 5.91 Å². The molecule has 0 heterocycles. The van der Waals surface area contributed by atoms with Gasteiger partial charge >= 0.3 is 0 Å². The van der Waals surface area contributed by atoms with Gasteiger partial charge in [0.15, 0.2) is 11.5 Å². The first kappa shape index (κ1) is 14.8. The van der Waals surface area contributed by atoms with E-state index in [9.17, 15) is 15.2 Å². The van der Waals surface area contributed by atoms with Gasteiger partial charge in [0.05, 0.1) is 13.2 Å². The van der Waals surface area contributed by atoms with Crippen LogP contribution in [-0.2, 0) is 0 Å². The minimum absolute atomic E-state index is 0.106. The largest absolute Gasteiger partial charge is 0.504 e. The summed E-state index contributed by atoms with van der Waals surface area (Å²) in [6, 6.07) is 6.51. The number of benzene rings is 1. The standard InChI is InChI=1S/C14H18N2O3/c1-4-14(5-2,9-15)16-13(18)10-6-7-12(19-3)11(17)8-10/h6-8,17H,4-5H2,1-3H3,(H,16,18). The second kappa shape index (κ2) is 6.10. The molecule has 19 heavy (non-hydrogen) atoms. The highest BCUT2D eigenvalue weighted by atomic mass is 16.5. The van der Waals surface area contributed by atoms with E-state index >= 15 is 0 Å². The van der Waals surface area contributed by atoms with Gasteiger partial charge in [-0.05, 0) is 31.0 Å². The highest BCUT2D eigenvalue weighted by molar-refractivity contribution is 5.95. The summed E-state index contributed by atoms with van der Waals surface area (Å²) in [5, 5.41) is 21.5. The predicted molar refractivity (Wildman–Crippen MR) is 71.1 cm³/mol. The number of hydrogen-bond donors (Lipinski definition) is 2. The molecular weight excluding hydrogens is 244 g/mol. The first-order valence-electron chi connectivity index (χ1n) is 6.12. The van der Waals surface area contributed by atoms with Crippen molar-refractivity contribution in [3.63, 3.8) is 0 Å². The number of methoxy groups -OCH3 is 1. The van der Waals surface area contributed by atoms with Gasteiger partial charge in [-0.3, -0.25) is 4.79 Å². The van der Waals surface area contributed by atoms with Crippen molar-refractivity contribution in [2.45, 2.75) is 32.2 Å². The van der Waals surface area contributed by atoms with Crippen molar-refractivity contribution in [3.05, 3.63) is 23.8 Å². The molecule has 0 unspecified atom stereocenters. The van der Waals surface area contributed by atoms with Crippen LogP contribution in [0.2, 0.25) is 0 Å². The van der Waals surface area contributed by atoms with Gasteiger partial charge in [0.1, 0.15) is 5.54 Å². The maximum Gasteiger partial charge on any atom is 0.252 e. The third-order valence-corrected chi connectivity index (χ3v) is 3.21. The third-order valence-electron chi connectivity index (χ3n) is 3.21. The fourth-order valence-corrected chi connectivity index (χ4v) is 1.73. The zero-order valence-corrected chi connectivity index (χ0v) is 11.4. The Kier molecular flexibility index (Phi) is 4.76. The van der Waals surface area contributed by atoms with Crippen LogP contribution in [0.5, 0.6) is 11.5 Å². The molecule has 0 spiro atoms. The van der Waals surface area contributed by atoms with E-state index in [1.807, 2.05) is 13.8 Å². The van der Waals surface area contributed by atoms with Gasteiger partial charge in [-0.25, -0.2) is 0 Å². The van der Waals surface area contributed by atoms with Gasteiger partial charge in [-0.1, -0.05) is 13.8 Å². The summed E-state index contributed by atoms with van der Waals surface area (Å²) in [7, 11) is 1.43. The lowest BCUT2D eigenvalue weighted by Gasteiger charge is -2.24. The average molecular weight is 262 g/mol. The van der Waals surface area contributed by atoms with E-state index in [1.54, 1.807) is 6.07 Å². The molecule has 0 aliphatic heterocycles. The van der Waals surface area contributed by atoms with Crippen LogP contribution in [0, 0.1) is 11.3 Å². The van der Waals surface area contributed by atoms with E-state index in [1.165, 1.54) is 19.2 Å². The van der Waals surface area contributed by atoms with Crippen molar-refractivity contribution < 1.29 is 14.6 Å². The molecule has 0 aromatic heterocycles. The molecule has 2 N–H and O–H groups in total. The van der Waals surface area contributed by atoms with Gasteiger partial charge in [-0.2, -0.15) is 5.26 Å². The Hall–Kier alpha value is -2.22. The number of hydrogen-bond acceptors (Lipinski definition) is 4. The second-order valence-corrected chi connectivity index (χ2v) is 4.24. The highest BCUT2D eigenvalue weighted by Gasteiger charge is 2.28. The van der Waals surface area contributed by atoms with Crippen LogP contribution in [0.15, 0.2) is 18.2 Å². The Balaban J connectivity index is 2.96. The summed E-state index contributed by atoms with van der Waals surface area (Å²) in [6.45, 7) is 3.69. The minimum atomic E-state index is -0.868. The molecule has 5 heteroatoms.